The van der Waals surface area contributed by atoms with E-state index in [0.29, 0.717) is 24.3 Å². The maximum atomic E-state index is 5.54. The molecule has 0 saturated carbocycles. The Labute approximate surface area is 89.2 Å². The number of aryl methyl sites for hydroxylation is 1. The van der Waals surface area contributed by atoms with E-state index in [1.807, 2.05) is 0 Å². The van der Waals surface area contributed by atoms with Gasteiger partial charge in [0.1, 0.15) is 6.61 Å². The van der Waals surface area contributed by atoms with Crippen molar-refractivity contribution in [2.75, 3.05) is 19.7 Å². The number of ether oxygens (including phenoxy) is 1. The molecule has 0 aliphatic carbocycles. The van der Waals surface area contributed by atoms with Gasteiger partial charge in [0.15, 0.2) is 0 Å². The van der Waals surface area contributed by atoms with E-state index in [9.17, 15) is 0 Å². The van der Waals surface area contributed by atoms with Gasteiger partial charge in [-0.2, -0.15) is 0 Å². The lowest BCUT2D eigenvalue weighted by Crippen LogP contribution is -2.32. The Morgan fingerprint density at radius 2 is 2.47 bits per heavy atom. The van der Waals surface area contributed by atoms with Crippen LogP contribution in [0.3, 0.4) is 0 Å². The van der Waals surface area contributed by atoms with Crippen molar-refractivity contribution in [3.05, 3.63) is 11.8 Å². The van der Waals surface area contributed by atoms with Gasteiger partial charge in [-0.15, -0.1) is 10.2 Å². The topological polar surface area (TPSA) is 60.2 Å². The van der Waals surface area contributed by atoms with Gasteiger partial charge in [0.05, 0.1) is 6.61 Å². The number of aromatic nitrogens is 2. The largest absolute Gasteiger partial charge is 0.423 e. The molecular weight excluding hydrogens is 194 g/mol. The number of piperidine rings is 1. The minimum Gasteiger partial charge on any atom is -0.423 e. The summed E-state index contributed by atoms with van der Waals surface area (Å²) in [6.45, 7) is 5.18. The number of hydrogen-bond acceptors (Lipinski definition) is 5. The highest BCUT2D eigenvalue weighted by molar-refractivity contribution is 4.76. The summed E-state index contributed by atoms with van der Waals surface area (Å²) in [5, 5.41) is 11.0. The van der Waals surface area contributed by atoms with E-state index in [4.69, 9.17) is 9.15 Å². The normalized spacial score (nSPS) is 21.8. The summed E-state index contributed by atoms with van der Waals surface area (Å²) in [5.74, 6) is 1.78. The van der Waals surface area contributed by atoms with Gasteiger partial charge in [-0.05, 0) is 25.3 Å². The molecule has 0 aromatic carbocycles. The molecule has 15 heavy (non-hydrogen) atoms. The van der Waals surface area contributed by atoms with Crippen molar-refractivity contribution in [2.45, 2.75) is 26.4 Å². The zero-order valence-electron chi connectivity index (χ0n) is 9.03. The van der Waals surface area contributed by atoms with Gasteiger partial charge in [-0.3, -0.25) is 0 Å². The van der Waals surface area contributed by atoms with Crippen molar-refractivity contribution in [2.24, 2.45) is 5.92 Å². The van der Waals surface area contributed by atoms with Crippen molar-refractivity contribution >= 4 is 0 Å². The van der Waals surface area contributed by atoms with Crippen LogP contribution >= 0.6 is 0 Å². The second kappa shape index (κ2) is 5.23. The zero-order valence-corrected chi connectivity index (χ0v) is 9.03. The average Bonchev–Trinajstić information content (AvgIpc) is 2.66. The van der Waals surface area contributed by atoms with Gasteiger partial charge < -0.3 is 14.5 Å². The Morgan fingerprint density at radius 3 is 3.13 bits per heavy atom. The molecule has 5 heteroatoms. The first kappa shape index (κ1) is 10.6. The number of rotatable bonds is 4. The molecule has 1 atom stereocenters. The van der Waals surface area contributed by atoms with Crippen LogP contribution in [-0.2, 0) is 11.3 Å². The van der Waals surface area contributed by atoms with E-state index in [1.54, 1.807) is 6.92 Å². The van der Waals surface area contributed by atoms with Crippen LogP contribution in [0.5, 0.6) is 0 Å². The molecule has 0 bridgehead atoms. The van der Waals surface area contributed by atoms with Gasteiger partial charge in [0.2, 0.25) is 11.8 Å². The Bertz CT molecular complexity index is 295. The van der Waals surface area contributed by atoms with E-state index in [-0.39, 0.29) is 0 Å². The fraction of sp³-hybridized carbons (Fsp3) is 0.800. The van der Waals surface area contributed by atoms with Crippen LogP contribution in [0, 0.1) is 12.8 Å². The summed E-state index contributed by atoms with van der Waals surface area (Å²) in [7, 11) is 0. The predicted molar refractivity (Wildman–Crippen MR) is 54.3 cm³/mol. The molecule has 0 radical (unpaired) electrons. The standard InChI is InChI=1S/C10H17N3O2/c1-8-12-13-10(15-8)7-14-6-9-3-2-4-11-5-9/h9,11H,2-7H2,1H3. The fourth-order valence-electron chi connectivity index (χ4n) is 1.77. The van der Waals surface area contributed by atoms with Crippen LogP contribution in [0.25, 0.3) is 0 Å². The minimum absolute atomic E-state index is 0.428. The number of hydrogen-bond donors (Lipinski definition) is 1. The van der Waals surface area contributed by atoms with Crippen molar-refractivity contribution in [3.8, 4) is 0 Å². The van der Waals surface area contributed by atoms with Crippen molar-refractivity contribution in [1.82, 2.24) is 15.5 Å². The SMILES string of the molecule is Cc1nnc(COCC2CCCNC2)o1. The second-order valence-electron chi connectivity index (χ2n) is 3.94. The molecule has 1 aliphatic rings. The smallest absolute Gasteiger partial charge is 0.242 e. The van der Waals surface area contributed by atoms with Gasteiger partial charge in [0.25, 0.3) is 0 Å². The summed E-state index contributed by atoms with van der Waals surface area (Å²) in [5.41, 5.74) is 0. The van der Waals surface area contributed by atoms with E-state index in [2.05, 4.69) is 15.5 Å². The van der Waals surface area contributed by atoms with Crippen LogP contribution < -0.4 is 5.32 Å². The molecule has 84 valence electrons. The van der Waals surface area contributed by atoms with Crippen molar-refractivity contribution in [1.29, 1.82) is 0 Å². The van der Waals surface area contributed by atoms with E-state index < -0.39 is 0 Å². The van der Waals surface area contributed by atoms with E-state index >= 15 is 0 Å². The molecule has 1 fully saturated rings. The van der Waals surface area contributed by atoms with Crippen molar-refractivity contribution in [3.63, 3.8) is 0 Å². The molecule has 5 nitrogen and oxygen atoms in total. The molecule has 1 aromatic heterocycles. The van der Waals surface area contributed by atoms with Crippen LogP contribution in [-0.4, -0.2) is 29.9 Å². The van der Waals surface area contributed by atoms with Gasteiger partial charge >= 0.3 is 0 Å². The summed E-state index contributed by atoms with van der Waals surface area (Å²) >= 11 is 0. The lowest BCUT2D eigenvalue weighted by Gasteiger charge is -2.21. The highest BCUT2D eigenvalue weighted by Crippen LogP contribution is 2.11. The number of nitrogens with zero attached hydrogens (tertiary/aromatic N) is 2. The molecule has 2 heterocycles. The third-order valence-electron chi connectivity index (χ3n) is 2.55. The molecule has 1 aromatic rings. The quantitative estimate of drug-likeness (QED) is 0.801. The van der Waals surface area contributed by atoms with E-state index in [0.717, 1.165) is 19.7 Å². The van der Waals surface area contributed by atoms with Crippen LogP contribution in [0.15, 0.2) is 4.42 Å². The molecule has 1 saturated heterocycles. The Hall–Kier alpha value is -0.940. The number of nitrogens with one attached hydrogen (secondary N) is 1. The third kappa shape index (κ3) is 3.28. The van der Waals surface area contributed by atoms with Gasteiger partial charge in [0, 0.05) is 13.5 Å². The molecular formula is C10H17N3O2. The van der Waals surface area contributed by atoms with Crippen LogP contribution in [0.1, 0.15) is 24.6 Å². The lowest BCUT2D eigenvalue weighted by molar-refractivity contribution is 0.0646. The fourth-order valence-corrected chi connectivity index (χ4v) is 1.77. The molecule has 1 aliphatic heterocycles. The maximum absolute atomic E-state index is 5.54. The highest BCUT2D eigenvalue weighted by atomic mass is 16.5. The summed E-state index contributed by atoms with van der Waals surface area (Å²) < 4.78 is 10.7. The monoisotopic (exact) mass is 211 g/mol. The molecule has 1 unspecified atom stereocenters. The Morgan fingerprint density at radius 1 is 1.53 bits per heavy atom. The first-order valence-electron chi connectivity index (χ1n) is 5.42. The summed E-state index contributed by atoms with van der Waals surface area (Å²) in [6, 6.07) is 0. The molecule has 1 N–H and O–H groups in total. The Kier molecular flexibility index (Phi) is 3.69. The average molecular weight is 211 g/mol. The Balaban J connectivity index is 1.65. The molecule has 0 amide bonds. The first-order valence-corrected chi connectivity index (χ1v) is 5.42. The maximum Gasteiger partial charge on any atom is 0.242 e. The van der Waals surface area contributed by atoms with Crippen LogP contribution in [0.4, 0.5) is 0 Å². The predicted octanol–water partition coefficient (Wildman–Crippen LogP) is 0.894. The third-order valence-corrected chi connectivity index (χ3v) is 2.55. The van der Waals surface area contributed by atoms with Crippen molar-refractivity contribution < 1.29 is 9.15 Å². The second-order valence-corrected chi connectivity index (χ2v) is 3.94. The minimum atomic E-state index is 0.428. The van der Waals surface area contributed by atoms with Crippen LogP contribution in [0.2, 0.25) is 0 Å². The van der Waals surface area contributed by atoms with Gasteiger partial charge in [-0.25, -0.2) is 0 Å². The lowest BCUT2D eigenvalue weighted by atomic mass is 10.0. The zero-order chi connectivity index (χ0) is 10.5. The highest BCUT2D eigenvalue weighted by Gasteiger charge is 2.13. The molecule has 0 spiro atoms. The summed E-state index contributed by atoms with van der Waals surface area (Å²) in [6.07, 6.45) is 2.49. The van der Waals surface area contributed by atoms with E-state index in [1.165, 1.54) is 12.8 Å². The van der Waals surface area contributed by atoms with Gasteiger partial charge in [-0.1, -0.05) is 0 Å². The first-order chi connectivity index (χ1) is 7.34. The molecule has 2 rings (SSSR count). The summed E-state index contributed by atoms with van der Waals surface area (Å²) in [4.78, 5) is 0.